The van der Waals surface area contributed by atoms with E-state index in [0.717, 1.165) is 11.6 Å². The third-order valence-corrected chi connectivity index (χ3v) is 3.13. The number of alkyl halides is 3. The molecule has 1 heterocycles. The molecule has 1 aromatic heterocycles. The first-order valence-electron chi connectivity index (χ1n) is 6.24. The van der Waals surface area contributed by atoms with E-state index in [0.29, 0.717) is 12.0 Å². The van der Waals surface area contributed by atoms with E-state index in [-0.39, 0.29) is 6.04 Å². The molecule has 5 heteroatoms. The van der Waals surface area contributed by atoms with Crippen LogP contribution in [0, 0.1) is 0 Å². The third kappa shape index (κ3) is 3.57. The number of pyridine rings is 1. The van der Waals surface area contributed by atoms with Gasteiger partial charge in [0.2, 0.25) is 0 Å². The molecule has 2 nitrogen and oxygen atoms in total. The Balaban J connectivity index is 2.20. The molecule has 0 saturated heterocycles. The van der Waals surface area contributed by atoms with Gasteiger partial charge in [-0.2, -0.15) is 13.2 Å². The molecule has 0 aliphatic rings. The fraction of sp³-hybridized carbons (Fsp3) is 0.267. The van der Waals surface area contributed by atoms with Crippen LogP contribution in [-0.2, 0) is 12.6 Å². The lowest BCUT2D eigenvalue weighted by atomic mass is 9.99. The predicted molar refractivity (Wildman–Crippen MR) is 71.2 cm³/mol. The van der Waals surface area contributed by atoms with Gasteiger partial charge in [0.25, 0.3) is 0 Å². The van der Waals surface area contributed by atoms with E-state index in [4.69, 9.17) is 0 Å². The lowest BCUT2D eigenvalue weighted by Crippen LogP contribution is -2.19. The summed E-state index contributed by atoms with van der Waals surface area (Å²) < 4.78 is 38.1. The second kappa shape index (κ2) is 6.05. The van der Waals surface area contributed by atoms with Gasteiger partial charge in [-0.25, -0.2) is 0 Å². The fourth-order valence-electron chi connectivity index (χ4n) is 2.08. The maximum atomic E-state index is 12.7. The lowest BCUT2D eigenvalue weighted by molar-refractivity contribution is -0.137. The highest BCUT2D eigenvalue weighted by Crippen LogP contribution is 2.30. The van der Waals surface area contributed by atoms with Crippen LogP contribution < -0.4 is 5.32 Å². The van der Waals surface area contributed by atoms with Crippen LogP contribution in [0.2, 0.25) is 0 Å². The van der Waals surface area contributed by atoms with Crippen LogP contribution >= 0.6 is 0 Å². The minimum atomic E-state index is -4.31. The first kappa shape index (κ1) is 14.5. The standard InChI is InChI=1S/C15H15F3N2/c1-19-14(12-5-3-7-20-10-12)9-11-4-2-6-13(8-11)15(16,17)18/h2-8,10,14,19H,9H2,1H3. The van der Waals surface area contributed by atoms with Crippen molar-refractivity contribution in [3.63, 3.8) is 0 Å². The van der Waals surface area contributed by atoms with Crippen LogP contribution in [0.25, 0.3) is 0 Å². The average molecular weight is 280 g/mol. The van der Waals surface area contributed by atoms with Crippen LogP contribution in [0.15, 0.2) is 48.8 Å². The summed E-state index contributed by atoms with van der Waals surface area (Å²) in [5.74, 6) is 0. The summed E-state index contributed by atoms with van der Waals surface area (Å²) in [6.07, 6.45) is -0.444. The molecule has 0 spiro atoms. The highest BCUT2D eigenvalue weighted by Gasteiger charge is 2.30. The number of hydrogen-bond acceptors (Lipinski definition) is 2. The molecule has 1 aromatic carbocycles. The van der Waals surface area contributed by atoms with Crippen molar-refractivity contribution in [1.82, 2.24) is 10.3 Å². The summed E-state index contributed by atoms with van der Waals surface area (Å²) in [7, 11) is 1.78. The Morgan fingerprint density at radius 1 is 1.20 bits per heavy atom. The monoisotopic (exact) mass is 280 g/mol. The fourth-order valence-corrected chi connectivity index (χ4v) is 2.08. The van der Waals surface area contributed by atoms with E-state index in [1.807, 2.05) is 12.1 Å². The minimum absolute atomic E-state index is 0.0628. The number of halogens is 3. The van der Waals surface area contributed by atoms with Crippen LogP contribution in [-0.4, -0.2) is 12.0 Å². The Morgan fingerprint density at radius 3 is 2.60 bits per heavy atom. The van der Waals surface area contributed by atoms with Crippen molar-refractivity contribution < 1.29 is 13.2 Å². The highest BCUT2D eigenvalue weighted by molar-refractivity contribution is 5.28. The van der Waals surface area contributed by atoms with Crippen LogP contribution in [0.5, 0.6) is 0 Å². The molecule has 0 radical (unpaired) electrons. The summed E-state index contributed by atoms with van der Waals surface area (Å²) in [6, 6.07) is 9.08. The zero-order valence-corrected chi connectivity index (χ0v) is 11.0. The number of benzene rings is 1. The summed E-state index contributed by atoms with van der Waals surface area (Å²) in [5, 5.41) is 3.10. The summed E-state index contributed by atoms with van der Waals surface area (Å²) in [5.41, 5.74) is 0.978. The second-order valence-corrected chi connectivity index (χ2v) is 4.53. The minimum Gasteiger partial charge on any atom is -0.313 e. The number of nitrogens with one attached hydrogen (secondary N) is 1. The largest absolute Gasteiger partial charge is 0.416 e. The van der Waals surface area contributed by atoms with Crippen LogP contribution in [0.1, 0.15) is 22.7 Å². The van der Waals surface area contributed by atoms with Crippen molar-refractivity contribution in [3.8, 4) is 0 Å². The number of rotatable bonds is 4. The van der Waals surface area contributed by atoms with E-state index >= 15 is 0 Å². The Morgan fingerprint density at radius 2 is 2.00 bits per heavy atom. The molecular formula is C15H15F3N2. The maximum Gasteiger partial charge on any atom is 0.416 e. The van der Waals surface area contributed by atoms with Crippen LogP contribution in [0.3, 0.4) is 0 Å². The topological polar surface area (TPSA) is 24.9 Å². The molecular weight excluding hydrogens is 265 g/mol. The molecule has 0 aliphatic heterocycles. The van der Waals surface area contributed by atoms with Gasteiger partial charge < -0.3 is 5.32 Å². The Kier molecular flexibility index (Phi) is 4.39. The average Bonchev–Trinajstić information content (AvgIpc) is 2.45. The van der Waals surface area contributed by atoms with E-state index in [2.05, 4.69) is 10.3 Å². The molecule has 1 N–H and O–H groups in total. The van der Waals surface area contributed by atoms with E-state index in [1.54, 1.807) is 25.5 Å². The van der Waals surface area contributed by atoms with Crippen molar-refractivity contribution in [3.05, 3.63) is 65.5 Å². The van der Waals surface area contributed by atoms with Gasteiger partial charge in [-0.15, -0.1) is 0 Å². The number of hydrogen-bond donors (Lipinski definition) is 1. The maximum absolute atomic E-state index is 12.7. The zero-order valence-electron chi connectivity index (χ0n) is 11.0. The smallest absolute Gasteiger partial charge is 0.313 e. The Hall–Kier alpha value is -1.88. The van der Waals surface area contributed by atoms with Gasteiger partial charge in [-0.05, 0) is 36.7 Å². The van der Waals surface area contributed by atoms with Gasteiger partial charge in [0.05, 0.1) is 5.56 Å². The van der Waals surface area contributed by atoms with Gasteiger partial charge >= 0.3 is 6.18 Å². The molecule has 1 atom stereocenters. The van der Waals surface area contributed by atoms with Gasteiger partial charge in [0.1, 0.15) is 0 Å². The van der Waals surface area contributed by atoms with Crippen molar-refractivity contribution in [2.24, 2.45) is 0 Å². The SMILES string of the molecule is CNC(Cc1cccc(C(F)(F)F)c1)c1cccnc1. The molecule has 20 heavy (non-hydrogen) atoms. The normalized spacial score (nSPS) is 13.2. The molecule has 0 aliphatic carbocycles. The Bertz CT molecular complexity index is 553. The summed E-state index contributed by atoms with van der Waals surface area (Å²) in [4.78, 5) is 4.03. The third-order valence-electron chi connectivity index (χ3n) is 3.13. The predicted octanol–water partition coefficient (Wildman–Crippen LogP) is 3.60. The van der Waals surface area contributed by atoms with Gasteiger partial charge in [0, 0.05) is 18.4 Å². The highest BCUT2D eigenvalue weighted by atomic mass is 19.4. The van der Waals surface area contributed by atoms with Crippen molar-refractivity contribution >= 4 is 0 Å². The molecule has 0 bridgehead atoms. The van der Waals surface area contributed by atoms with Crippen molar-refractivity contribution in [1.29, 1.82) is 0 Å². The van der Waals surface area contributed by atoms with Crippen LogP contribution in [0.4, 0.5) is 13.2 Å². The first-order valence-corrected chi connectivity index (χ1v) is 6.24. The van der Waals surface area contributed by atoms with E-state index in [1.165, 1.54) is 12.1 Å². The number of likely N-dealkylation sites (N-methyl/N-ethyl adjacent to an activating group) is 1. The zero-order chi connectivity index (χ0) is 14.6. The van der Waals surface area contributed by atoms with E-state index in [9.17, 15) is 13.2 Å². The Labute approximate surface area is 115 Å². The van der Waals surface area contributed by atoms with Gasteiger partial charge in [-0.3, -0.25) is 4.98 Å². The number of aromatic nitrogens is 1. The lowest BCUT2D eigenvalue weighted by Gasteiger charge is -2.17. The quantitative estimate of drug-likeness (QED) is 0.925. The second-order valence-electron chi connectivity index (χ2n) is 4.53. The molecule has 1 unspecified atom stereocenters. The molecule has 0 saturated carbocycles. The molecule has 2 rings (SSSR count). The molecule has 106 valence electrons. The summed E-state index contributed by atoms with van der Waals surface area (Å²) >= 11 is 0. The van der Waals surface area contributed by atoms with Crippen molar-refractivity contribution in [2.45, 2.75) is 18.6 Å². The van der Waals surface area contributed by atoms with Gasteiger partial charge in [0.15, 0.2) is 0 Å². The molecule has 0 fully saturated rings. The van der Waals surface area contributed by atoms with Gasteiger partial charge in [-0.1, -0.05) is 24.3 Å². The van der Waals surface area contributed by atoms with Crippen molar-refractivity contribution in [2.75, 3.05) is 7.05 Å². The summed E-state index contributed by atoms with van der Waals surface area (Å²) in [6.45, 7) is 0. The molecule has 2 aromatic rings. The first-order chi connectivity index (χ1) is 9.50. The molecule has 0 amide bonds. The van der Waals surface area contributed by atoms with E-state index < -0.39 is 11.7 Å². The number of nitrogens with zero attached hydrogens (tertiary/aromatic N) is 1.